The summed E-state index contributed by atoms with van der Waals surface area (Å²) in [5.74, 6) is -2.17. The van der Waals surface area contributed by atoms with Gasteiger partial charge in [-0.15, -0.1) is 0 Å². The van der Waals surface area contributed by atoms with Crippen molar-refractivity contribution in [3.05, 3.63) is 71.8 Å². The monoisotopic (exact) mass is 679 g/mol. The highest BCUT2D eigenvalue weighted by molar-refractivity contribution is 5.91. The van der Waals surface area contributed by atoms with Crippen molar-refractivity contribution >= 4 is 24.2 Å². The molecule has 10 heteroatoms. The van der Waals surface area contributed by atoms with Crippen molar-refractivity contribution < 1.29 is 33.9 Å². The number of hydrogen-bond acceptors (Lipinski definition) is 7. The smallest absolute Gasteiger partial charge is 0.328 e. The minimum Gasteiger partial charge on any atom is -0.467 e. The van der Waals surface area contributed by atoms with E-state index >= 15 is 0 Å². The van der Waals surface area contributed by atoms with E-state index < -0.39 is 42.0 Å². The molecule has 270 valence electrons. The fourth-order valence-corrected chi connectivity index (χ4v) is 6.63. The zero-order valence-corrected chi connectivity index (χ0v) is 29.9. The highest BCUT2D eigenvalue weighted by Gasteiger charge is 2.37. The van der Waals surface area contributed by atoms with E-state index in [1.54, 1.807) is 0 Å². The molecule has 0 bridgehead atoms. The second kappa shape index (κ2) is 20.7. The molecule has 0 heterocycles. The van der Waals surface area contributed by atoms with Crippen LogP contribution in [0.1, 0.15) is 90.2 Å². The number of nitrogens with one attached hydrogen (secondary N) is 2. The lowest BCUT2D eigenvalue weighted by Crippen LogP contribution is -2.56. The molecule has 2 aromatic rings. The average molecular weight is 680 g/mol. The molecule has 1 aliphatic carbocycles. The maximum absolute atomic E-state index is 14.0. The first-order valence-electron chi connectivity index (χ1n) is 17.9. The number of ether oxygens (including phenoxy) is 1. The summed E-state index contributed by atoms with van der Waals surface area (Å²) in [7, 11) is 1.28. The molecule has 1 aliphatic rings. The van der Waals surface area contributed by atoms with Crippen molar-refractivity contribution in [2.75, 3.05) is 7.11 Å². The van der Waals surface area contributed by atoms with Crippen molar-refractivity contribution in [3.8, 4) is 0 Å². The molecule has 6 atom stereocenters. The minimum atomic E-state index is -1.05. The molecule has 49 heavy (non-hydrogen) atoms. The number of amides is 3. The number of methoxy groups -OCH3 is 1. The Bertz CT molecular complexity index is 1290. The highest BCUT2D eigenvalue weighted by atomic mass is 16.7. The van der Waals surface area contributed by atoms with E-state index in [1.165, 1.54) is 18.6 Å². The van der Waals surface area contributed by atoms with Crippen molar-refractivity contribution in [3.63, 3.8) is 0 Å². The van der Waals surface area contributed by atoms with Gasteiger partial charge in [0.2, 0.25) is 18.2 Å². The second-order valence-electron chi connectivity index (χ2n) is 13.8. The number of carbonyl (C=O) groups excluding carboxylic acids is 4. The van der Waals surface area contributed by atoms with Crippen molar-refractivity contribution in [2.45, 2.75) is 116 Å². The Morgan fingerprint density at radius 3 is 2.08 bits per heavy atom. The largest absolute Gasteiger partial charge is 0.467 e. The van der Waals surface area contributed by atoms with Crippen LogP contribution >= 0.6 is 0 Å². The second-order valence-corrected chi connectivity index (χ2v) is 13.8. The fraction of sp³-hybridized carbons (Fsp3) is 0.590. The molecular formula is C39H57N3O7. The Morgan fingerprint density at radius 1 is 0.918 bits per heavy atom. The van der Waals surface area contributed by atoms with Gasteiger partial charge in [0, 0.05) is 12.3 Å². The third kappa shape index (κ3) is 12.6. The lowest BCUT2D eigenvalue weighted by atomic mass is 9.81. The summed E-state index contributed by atoms with van der Waals surface area (Å²) >= 11 is 0. The molecule has 3 rings (SSSR count). The van der Waals surface area contributed by atoms with Gasteiger partial charge in [0.15, 0.2) is 0 Å². The first kappa shape index (κ1) is 39.7. The molecule has 3 unspecified atom stereocenters. The summed E-state index contributed by atoms with van der Waals surface area (Å²) in [5, 5.41) is 18.8. The predicted molar refractivity (Wildman–Crippen MR) is 189 cm³/mol. The Hall–Kier alpha value is -3.76. The number of benzene rings is 2. The number of aliphatic hydroxyl groups excluding tert-OH is 1. The number of hydroxylamine groups is 2. The molecule has 2 aromatic carbocycles. The van der Waals surface area contributed by atoms with Crippen LogP contribution in [0.25, 0.3) is 0 Å². The van der Waals surface area contributed by atoms with E-state index in [-0.39, 0.29) is 37.2 Å². The normalized spacial score (nSPS) is 17.2. The van der Waals surface area contributed by atoms with Crippen molar-refractivity contribution in [1.29, 1.82) is 0 Å². The van der Waals surface area contributed by atoms with Crippen LogP contribution in [0.4, 0.5) is 0 Å². The van der Waals surface area contributed by atoms with Gasteiger partial charge < -0.3 is 20.5 Å². The van der Waals surface area contributed by atoms with E-state index in [0.717, 1.165) is 36.8 Å². The number of rotatable bonds is 20. The van der Waals surface area contributed by atoms with Crippen LogP contribution in [0, 0.1) is 23.7 Å². The molecule has 1 saturated carbocycles. The average Bonchev–Trinajstić information content (AvgIpc) is 3.12. The standard InChI is InChI=1S/C39H57N3O7/c1-6-28(4)36(38(46)40-33(39(47)48-5)22-29-16-10-7-11-17-29)41-37(45)32(27(2)3)24-35(44)34(23-30-18-12-8-13-19-30)42(26-43)49-25-31-20-14-9-15-21-31/h7,9-11,14-17,20-21,26-28,30,32-36,44H,6,8,12-13,18-19,22-25H2,1-5H3,(H,40,46)(H,41,45)/t28-,32?,33-,34?,35?,36-/m0/s1. The summed E-state index contributed by atoms with van der Waals surface area (Å²) in [6.45, 7) is 7.79. The van der Waals surface area contributed by atoms with E-state index in [4.69, 9.17) is 9.57 Å². The molecule has 3 N–H and O–H groups in total. The summed E-state index contributed by atoms with van der Waals surface area (Å²) in [6, 6.07) is 16.4. The van der Waals surface area contributed by atoms with Gasteiger partial charge in [-0.05, 0) is 41.7 Å². The molecule has 0 saturated heterocycles. The molecule has 1 fully saturated rings. The molecular weight excluding hydrogens is 622 g/mol. The summed E-state index contributed by atoms with van der Waals surface area (Å²) in [6.07, 6.45) is 6.49. The van der Waals surface area contributed by atoms with Gasteiger partial charge in [-0.2, -0.15) is 0 Å². The fourth-order valence-electron chi connectivity index (χ4n) is 6.63. The van der Waals surface area contributed by atoms with Crippen LogP contribution in [0.3, 0.4) is 0 Å². The minimum absolute atomic E-state index is 0.0769. The maximum atomic E-state index is 14.0. The topological polar surface area (TPSA) is 134 Å². The Balaban J connectivity index is 1.78. The van der Waals surface area contributed by atoms with Crippen LogP contribution in [-0.4, -0.2) is 65.7 Å². The zero-order valence-electron chi connectivity index (χ0n) is 29.9. The number of hydrogen-bond donors (Lipinski definition) is 3. The maximum Gasteiger partial charge on any atom is 0.328 e. The van der Waals surface area contributed by atoms with Crippen molar-refractivity contribution in [2.24, 2.45) is 23.7 Å². The van der Waals surface area contributed by atoms with Gasteiger partial charge in [-0.1, -0.05) is 127 Å². The molecule has 0 spiro atoms. The lowest BCUT2D eigenvalue weighted by molar-refractivity contribution is -0.209. The Morgan fingerprint density at radius 2 is 1.53 bits per heavy atom. The lowest BCUT2D eigenvalue weighted by Gasteiger charge is -2.36. The number of esters is 1. The van der Waals surface area contributed by atoms with Gasteiger partial charge in [-0.25, -0.2) is 9.86 Å². The first-order valence-corrected chi connectivity index (χ1v) is 17.9. The molecule has 10 nitrogen and oxygen atoms in total. The Kier molecular flexibility index (Phi) is 16.7. The number of carbonyl (C=O) groups is 4. The van der Waals surface area contributed by atoms with E-state index in [0.29, 0.717) is 25.2 Å². The predicted octanol–water partition coefficient (Wildman–Crippen LogP) is 5.37. The summed E-state index contributed by atoms with van der Waals surface area (Å²) in [5.41, 5.74) is 1.75. The van der Waals surface area contributed by atoms with Crippen LogP contribution < -0.4 is 10.6 Å². The summed E-state index contributed by atoms with van der Waals surface area (Å²) in [4.78, 5) is 58.7. The molecule has 0 aliphatic heterocycles. The van der Waals surface area contributed by atoms with E-state index in [9.17, 15) is 24.3 Å². The number of nitrogens with zero attached hydrogens (tertiary/aromatic N) is 1. The molecule has 3 amide bonds. The molecule has 0 radical (unpaired) electrons. The highest BCUT2D eigenvalue weighted by Crippen LogP contribution is 2.32. The van der Waals surface area contributed by atoms with Crippen LogP contribution in [-0.2, 0) is 41.8 Å². The van der Waals surface area contributed by atoms with Crippen molar-refractivity contribution in [1.82, 2.24) is 15.7 Å². The van der Waals surface area contributed by atoms with Crippen LogP contribution in [0.2, 0.25) is 0 Å². The third-order valence-electron chi connectivity index (χ3n) is 9.91. The van der Waals surface area contributed by atoms with E-state index in [2.05, 4.69) is 10.6 Å². The zero-order chi connectivity index (χ0) is 35.8. The van der Waals surface area contributed by atoms with Gasteiger partial charge in [-0.3, -0.25) is 19.2 Å². The third-order valence-corrected chi connectivity index (χ3v) is 9.91. The first-order chi connectivity index (χ1) is 23.6. The van der Waals surface area contributed by atoms with Gasteiger partial charge >= 0.3 is 5.97 Å². The van der Waals surface area contributed by atoms with Gasteiger partial charge in [0.1, 0.15) is 18.7 Å². The van der Waals surface area contributed by atoms with Crippen LogP contribution in [0.5, 0.6) is 0 Å². The molecule has 0 aromatic heterocycles. The van der Waals surface area contributed by atoms with Gasteiger partial charge in [0.05, 0.1) is 19.3 Å². The Labute approximate surface area is 292 Å². The van der Waals surface area contributed by atoms with Gasteiger partial charge in [0.25, 0.3) is 0 Å². The number of aliphatic hydroxyl groups is 1. The van der Waals surface area contributed by atoms with E-state index in [1.807, 2.05) is 88.4 Å². The van der Waals surface area contributed by atoms with Crippen LogP contribution in [0.15, 0.2) is 60.7 Å². The SMILES string of the molecule is CC[C@H](C)[C@H](NC(=O)C(CC(O)C(CC1CCCCC1)N(C=O)OCc1ccccc1)C(C)C)C(=O)N[C@@H](Cc1ccccc1)C(=O)OC. The summed E-state index contributed by atoms with van der Waals surface area (Å²) < 4.78 is 4.99. The quantitative estimate of drug-likeness (QED) is 0.0974.